The summed E-state index contributed by atoms with van der Waals surface area (Å²) < 4.78 is 26.8. The molecule has 4 heteroatoms. The van der Waals surface area contributed by atoms with Crippen molar-refractivity contribution in [3.63, 3.8) is 0 Å². The van der Waals surface area contributed by atoms with Gasteiger partial charge in [0.25, 0.3) is 10.1 Å². The molecule has 2 atom stereocenters. The molecule has 0 bridgehead atoms. The fourth-order valence-electron chi connectivity index (χ4n) is 1.82. The van der Waals surface area contributed by atoms with Crippen molar-refractivity contribution in [1.82, 2.24) is 0 Å². The highest BCUT2D eigenvalue weighted by atomic mass is 32.2. The summed E-state index contributed by atoms with van der Waals surface area (Å²) in [6, 6.07) is 9.83. The SMILES string of the molecule is C#CC[C@H](c1ccccc1)[C@@H](C)COS(C)(=O)=O. The molecule has 0 spiro atoms. The quantitative estimate of drug-likeness (QED) is 0.586. The molecule has 0 amide bonds. The summed E-state index contributed by atoms with van der Waals surface area (Å²) >= 11 is 0. The van der Waals surface area contributed by atoms with Crippen LogP contribution in [-0.2, 0) is 14.3 Å². The van der Waals surface area contributed by atoms with Gasteiger partial charge >= 0.3 is 0 Å². The Labute approximate surface area is 109 Å². The Balaban J connectivity index is 2.77. The van der Waals surface area contributed by atoms with E-state index in [1.807, 2.05) is 37.3 Å². The first-order valence-corrected chi connectivity index (χ1v) is 7.58. The third-order valence-electron chi connectivity index (χ3n) is 2.80. The Kier molecular flexibility index (Phi) is 5.39. The predicted molar refractivity (Wildman–Crippen MR) is 72.6 cm³/mol. The van der Waals surface area contributed by atoms with Crippen molar-refractivity contribution in [2.75, 3.05) is 12.9 Å². The molecule has 0 saturated carbocycles. The zero-order valence-corrected chi connectivity index (χ0v) is 11.5. The van der Waals surface area contributed by atoms with E-state index in [1.165, 1.54) is 0 Å². The topological polar surface area (TPSA) is 43.4 Å². The van der Waals surface area contributed by atoms with Gasteiger partial charge in [-0.15, -0.1) is 12.3 Å². The van der Waals surface area contributed by atoms with Gasteiger partial charge in [-0.05, 0) is 17.4 Å². The molecule has 98 valence electrons. The smallest absolute Gasteiger partial charge is 0.264 e. The highest BCUT2D eigenvalue weighted by molar-refractivity contribution is 7.85. The van der Waals surface area contributed by atoms with Gasteiger partial charge in [0.05, 0.1) is 12.9 Å². The van der Waals surface area contributed by atoms with Crippen molar-refractivity contribution in [3.8, 4) is 12.3 Å². The fourth-order valence-corrected chi connectivity index (χ4v) is 2.28. The summed E-state index contributed by atoms with van der Waals surface area (Å²) in [6.07, 6.45) is 7.00. The number of benzene rings is 1. The van der Waals surface area contributed by atoms with E-state index >= 15 is 0 Å². The van der Waals surface area contributed by atoms with Crippen molar-refractivity contribution < 1.29 is 12.6 Å². The van der Waals surface area contributed by atoms with Crippen LogP contribution in [0, 0.1) is 18.3 Å². The number of rotatable bonds is 6. The Morgan fingerprint density at radius 1 is 1.33 bits per heavy atom. The third-order valence-corrected chi connectivity index (χ3v) is 3.36. The molecule has 1 aromatic rings. The summed E-state index contributed by atoms with van der Waals surface area (Å²) in [5.41, 5.74) is 1.11. The van der Waals surface area contributed by atoms with Crippen molar-refractivity contribution in [2.45, 2.75) is 19.3 Å². The fraction of sp³-hybridized carbons (Fsp3) is 0.429. The number of hydrogen-bond acceptors (Lipinski definition) is 3. The van der Waals surface area contributed by atoms with Gasteiger partial charge in [0.2, 0.25) is 0 Å². The van der Waals surface area contributed by atoms with Crippen LogP contribution in [0.2, 0.25) is 0 Å². The molecular weight excluding hydrogens is 248 g/mol. The average Bonchev–Trinajstić information content (AvgIpc) is 2.33. The second-order valence-electron chi connectivity index (χ2n) is 4.39. The molecule has 0 fully saturated rings. The van der Waals surface area contributed by atoms with Crippen LogP contribution in [0.15, 0.2) is 30.3 Å². The first-order chi connectivity index (χ1) is 8.44. The Bertz CT molecular complexity index is 500. The zero-order valence-electron chi connectivity index (χ0n) is 10.7. The maximum absolute atomic E-state index is 11.0. The molecule has 1 rings (SSSR count). The van der Waals surface area contributed by atoms with Crippen LogP contribution in [-0.4, -0.2) is 21.3 Å². The minimum atomic E-state index is -3.40. The summed E-state index contributed by atoms with van der Waals surface area (Å²) in [7, 11) is -3.40. The van der Waals surface area contributed by atoms with Gasteiger partial charge in [0.15, 0.2) is 0 Å². The van der Waals surface area contributed by atoms with Crippen LogP contribution in [0.1, 0.15) is 24.8 Å². The highest BCUT2D eigenvalue weighted by Gasteiger charge is 2.20. The molecule has 0 heterocycles. The van der Waals surface area contributed by atoms with Crippen molar-refractivity contribution in [3.05, 3.63) is 35.9 Å². The van der Waals surface area contributed by atoms with Crippen LogP contribution in [0.3, 0.4) is 0 Å². The van der Waals surface area contributed by atoms with Gasteiger partial charge in [0.1, 0.15) is 0 Å². The van der Waals surface area contributed by atoms with Crippen molar-refractivity contribution in [2.24, 2.45) is 5.92 Å². The Morgan fingerprint density at radius 2 is 1.94 bits per heavy atom. The maximum atomic E-state index is 11.0. The largest absolute Gasteiger partial charge is 0.270 e. The molecule has 0 aliphatic rings. The van der Waals surface area contributed by atoms with E-state index < -0.39 is 10.1 Å². The van der Waals surface area contributed by atoms with E-state index in [0.29, 0.717) is 6.42 Å². The average molecular weight is 266 g/mol. The van der Waals surface area contributed by atoms with Crippen LogP contribution in [0.4, 0.5) is 0 Å². The molecule has 1 aromatic carbocycles. The van der Waals surface area contributed by atoms with E-state index in [-0.39, 0.29) is 18.4 Å². The lowest BCUT2D eigenvalue weighted by molar-refractivity contribution is 0.245. The van der Waals surface area contributed by atoms with Crippen LogP contribution in [0.25, 0.3) is 0 Å². The first-order valence-electron chi connectivity index (χ1n) is 5.77. The van der Waals surface area contributed by atoms with Crippen molar-refractivity contribution in [1.29, 1.82) is 0 Å². The van der Waals surface area contributed by atoms with Crippen molar-refractivity contribution >= 4 is 10.1 Å². The second kappa shape index (κ2) is 6.58. The standard InChI is InChI=1S/C14H18O3S/c1-4-8-14(13-9-6-5-7-10-13)12(2)11-17-18(3,15)16/h1,5-7,9-10,12,14H,8,11H2,2-3H3/t12-,14-/m0/s1. The third kappa shape index (κ3) is 4.91. The molecule has 0 aliphatic heterocycles. The molecule has 0 aliphatic carbocycles. The Hall–Kier alpha value is -1.31. The predicted octanol–water partition coefficient (Wildman–Crippen LogP) is 2.41. The normalized spacial score (nSPS) is 14.7. The first kappa shape index (κ1) is 14.7. The van der Waals surface area contributed by atoms with Gasteiger partial charge in [-0.1, -0.05) is 37.3 Å². The second-order valence-corrected chi connectivity index (χ2v) is 6.04. The molecule has 0 unspecified atom stereocenters. The van der Waals surface area contributed by atoms with E-state index in [4.69, 9.17) is 10.6 Å². The zero-order chi connectivity index (χ0) is 13.6. The molecule has 3 nitrogen and oxygen atoms in total. The van der Waals surface area contributed by atoms with Gasteiger partial charge in [-0.3, -0.25) is 4.18 Å². The lowest BCUT2D eigenvalue weighted by atomic mass is 9.85. The van der Waals surface area contributed by atoms with Gasteiger partial charge in [-0.25, -0.2) is 0 Å². The summed E-state index contributed by atoms with van der Waals surface area (Å²) in [5.74, 6) is 2.79. The van der Waals surface area contributed by atoms with E-state index in [9.17, 15) is 8.42 Å². The van der Waals surface area contributed by atoms with Crippen LogP contribution >= 0.6 is 0 Å². The lowest BCUT2D eigenvalue weighted by Gasteiger charge is -2.22. The maximum Gasteiger partial charge on any atom is 0.264 e. The lowest BCUT2D eigenvalue weighted by Crippen LogP contribution is -2.18. The summed E-state index contributed by atoms with van der Waals surface area (Å²) in [6.45, 7) is 2.10. The van der Waals surface area contributed by atoms with E-state index in [1.54, 1.807) is 0 Å². The van der Waals surface area contributed by atoms with Gasteiger partial charge < -0.3 is 0 Å². The molecule has 0 N–H and O–H groups in total. The van der Waals surface area contributed by atoms with Gasteiger partial charge in [-0.2, -0.15) is 8.42 Å². The molecule has 0 radical (unpaired) electrons. The van der Waals surface area contributed by atoms with Crippen LogP contribution in [0.5, 0.6) is 0 Å². The molecule has 0 aromatic heterocycles. The number of terminal acetylenes is 1. The molecule has 0 saturated heterocycles. The Morgan fingerprint density at radius 3 is 2.44 bits per heavy atom. The minimum absolute atomic E-state index is 0.0400. The highest BCUT2D eigenvalue weighted by Crippen LogP contribution is 2.28. The summed E-state index contributed by atoms with van der Waals surface area (Å²) in [5, 5.41) is 0. The monoisotopic (exact) mass is 266 g/mol. The molecule has 18 heavy (non-hydrogen) atoms. The van der Waals surface area contributed by atoms with Crippen LogP contribution < -0.4 is 0 Å². The number of hydrogen-bond donors (Lipinski definition) is 0. The minimum Gasteiger partial charge on any atom is -0.270 e. The summed E-state index contributed by atoms with van der Waals surface area (Å²) in [4.78, 5) is 0. The van der Waals surface area contributed by atoms with Gasteiger partial charge in [0, 0.05) is 6.42 Å². The molecular formula is C14H18O3S. The van der Waals surface area contributed by atoms with E-state index in [0.717, 1.165) is 11.8 Å². The van der Waals surface area contributed by atoms with E-state index in [2.05, 4.69) is 5.92 Å².